The first-order valence-corrected chi connectivity index (χ1v) is 4.05. The Morgan fingerprint density at radius 3 is 1.69 bits per heavy atom. The van der Waals surface area contributed by atoms with Gasteiger partial charge in [0.25, 0.3) is 0 Å². The molecular formula is C7H9F6NO2. The minimum absolute atomic E-state index is 0.717. The van der Waals surface area contributed by atoms with Gasteiger partial charge in [0.1, 0.15) is 0 Å². The number of ether oxygens (including phenoxy) is 1. The Morgan fingerprint density at radius 1 is 1.06 bits per heavy atom. The summed E-state index contributed by atoms with van der Waals surface area (Å²) in [4.78, 5) is 10.6. The van der Waals surface area contributed by atoms with Crippen molar-refractivity contribution in [2.75, 3.05) is 0 Å². The van der Waals surface area contributed by atoms with Crippen molar-refractivity contribution < 1.29 is 35.9 Å². The van der Waals surface area contributed by atoms with Crippen molar-refractivity contribution in [1.82, 2.24) is 5.32 Å². The molecule has 0 aliphatic heterocycles. The van der Waals surface area contributed by atoms with E-state index in [-0.39, 0.29) is 0 Å². The molecule has 0 radical (unpaired) electrons. The minimum atomic E-state index is -5.62. The molecule has 0 aromatic heterocycles. The molecule has 0 fully saturated rings. The third kappa shape index (κ3) is 5.08. The fourth-order valence-electron chi connectivity index (χ4n) is 0.715. The van der Waals surface area contributed by atoms with Crippen LogP contribution in [0.15, 0.2) is 0 Å². The summed E-state index contributed by atoms with van der Waals surface area (Å²) in [5, 5.41) is 0.717. The zero-order chi connectivity index (χ0) is 13.1. The molecule has 16 heavy (non-hydrogen) atoms. The number of halogens is 6. The smallest absolute Gasteiger partial charge is 0.417 e. The molecule has 0 atom stereocenters. The molecule has 0 aromatic carbocycles. The molecule has 0 unspecified atom stereocenters. The van der Waals surface area contributed by atoms with E-state index in [4.69, 9.17) is 0 Å². The van der Waals surface area contributed by atoms with Crippen molar-refractivity contribution in [2.24, 2.45) is 0 Å². The maximum Gasteiger partial charge on any atom is 0.417 e. The second-order valence-electron chi connectivity index (χ2n) is 3.11. The summed E-state index contributed by atoms with van der Waals surface area (Å²) >= 11 is 0. The summed E-state index contributed by atoms with van der Waals surface area (Å²) in [7, 11) is 0. The van der Waals surface area contributed by atoms with Crippen LogP contribution in [0.5, 0.6) is 0 Å². The van der Waals surface area contributed by atoms with Gasteiger partial charge in [-0.25, -0.2) is 4.79 Å². The molecule has 0 saturated carbocycles. The first kappa shape index (κ1) is 14.8. The maximum atomic E-state index is 11.9. The van der Waals surface area contributed by atoms with Crippen LogP contribution in [-0.4, -0.2) is 30.6 Å². The van der Waals surface area contributed by atoms with Gasteiger partial charge < -0.3 is 10.1 Å². The van der Waals surface area contributed by atoms with Gasteiger partial charge >= 0.3 is 18.4 Å². The van der Waals surface area contributed by atoms with E-state index in [2.05, 4.69) is 4.74 Å². The van der Waals surface area contributed by atoms with E-state index in [1.165, 1.54) is 13.8 Å². The zero-order valence-corrected chi connectivity index (χ0v) is 8.24. The number of hydrogen-bond donors (Lipinski definition) is 1. The second-order valence-corrected chi connectivity index (χ2v) is 3.11. The number of carbonyl (C=O) groups excluding carboxylic acids is 1. The number of carbonyl (C=O) groups is 1. The van der Waals surface area contributed by atoms with Gasteiger partial charge in [-0.2, -0.15) is 26.3 Å². The fraction of sp³-hybridized carbons (Fsp3) is 0.857. The van der Waals surface area contributed by atoms with Gasteiger partial charge in [0.15, 0.2) is 0 Å². The van der Waals surface area contributed by atoms with Crippen LogP contribution in [0.4, 0.5) is 31.1 Å². The van der Waals surface area contributed by atoms with Gasteiger partial charge in [0.05, 0.1) is 6.10 Å². The topological polar surface area (TPSA) is 38.3 Å². The van der Waals surface area contributed by atoms with Gasteiger partial charge in [0.2, 0.25) is 6.04 Å². The molecule has 0 aromatic rings. The molecule has 0 saturated heterocycles. The van der Waals surface area contributed by atoms with Crippen molar-refractivity contribution in [2.45, 2.75) is 38.3 Å². The van der Waals surface area contributed by atoms with Gasteiger partial charge in [0, 0.05) is 0 Å². The van der Waals surface area contributed by atoms with E-state index in [9.17, 15) is 31.1 Å². The summed E-state index contributed by atoms with van der Waals surface area (Å²) in [5.41, 5.74) is 0. The van der Waals surface area contributed by atoms with Crippen LogP contribution in [0, 0.1) is 0 Å². The number of nitrogens with one attached hydrogen (secondary N) is 1. The molecule has 9 heteroatoms. The highest BCUT2D eigenvalue weighted by Gasteiger charge is 2.57. The van der Waals surface area contributed by atoms with E-state index >= 15 is 0 Å². The SMILES string of the molecule is CC(C)OC(=O)NC(C(F)(F)F)C(F)(F)F. The van der Waals surface area contributed by atoms with Crippen LogP contribution in [0.1, 0.15) is 13.8 Å². The highest BCUT2D eigenvalue weighted by atomic mass is 19.4. The Balaban J connectivity index is 4.65. The molecule has 3 nitrogen and oxygen atoms in total. The molecule has 0 aliphatic carbocycles. The second kappa shape index (κ2) is 4.79. The molecule has 0 spiro atoms. The van der Waals surface area contributed by atoms with Crippen molar-refractivity contribution in [1.29, 1.82) is 0 Å². The number of amides is 1. The number of hydrogen-bond acceptors (Lipinski definition) is 2. The fourth-order valence-corrected chi connectivity index (χ4v) is 0.715. The summed E-state index contributed by atoms with van der Waals surface area (Å²) in [6, 6.07) is -3.92. The van der Waals surface area contributed by atoms with Gasteiger partial charge in [-0.05, 0) is 13.8 Å². The monoisotopic (exact) mass is 253 g/mol. The molecule has 0 rings (SSSR count). The predicted molar refractivity (Wildman–Crippen MR) is 40.7 cm³/mol. The molecule has 0 aliphatic rings. The van der Waals surface area contributed by atoms with E-state index in [1.807, 2.05) is 0 Å². The van der Waals surface area contributed by atoms with Gasteiger partial charge in [-0.3, -0.25) is 0 Å². The summed E-state index contributed by atoms with van der Waals surface area (Å²) in [6.07, 6.45) is -13.8. The largest absolute Gasteiger partial charge is 0.447 e. The summed E-state index contributed by atoms with van der Waals surface area (Å²) in [5.74, 6) is 0. The van der Waals surface area contributed by atoms with Crippen LogP contribution in [0.3, 0.4) is 0 Å². The minimum Gasteiger partial charge on any atom is -0.447 e. The standard InChI is InChI=1S/C7H9F6NO2/c1-3(2)16-5(15)14-4(6(8,9)10)7(11,12)13/h3-4H,1-2H3,(H,14,15). The third-order valence-corrected chi connectivity index (χ3v) is 1.26. The van der Waals surface area contributed by atoms with Crippen molar-refractivity contribution >= 4 is 6.09 Å². The first-order chi connectivity index (χ1) is 6.94. The van der Waals surface area contributed by atoms with Crippen molar-refractivity contribution in [3.63, 3.8) is 0 Å². The molecule has 96 valence electrons. The van der Waals surface area contributed by atoms with Crippen LogP contribution in [0.2, 0.25) is 0 Å². The Hall–Kier alpha value is -1.15. The Morgan fingerprint density at radius 2 is 1.44 bits per heavy atom. The lowest BCUT2D eigenvalue weighted by atomic mass is 10.3. The average Bonchev–Trinajstić information content (AvgIpc) is 1.94. The molecular weight excluding hydrogens is 244 g/mol. The van der Waals surface area contributed by atoms with Gasteiger partial charge in [-0.1, -0.05) is 0 Å². The highest BCUT2D eigenvalue weighted by molar-refractivity contribution is 5.68. The predicted octanol–water partition coefficient (Wildman–Crippen LogP) is 2.61. The number of alkyl carbamates (subject to hydrolysis) is 1. The lowest BCUT2D eigenvalue weighted by Crippen LogP contribution is -2.54. The maximum absolute atomic E-state index is 11.9. The van der Waals surface area contributed by atoms with E-state index in [0.29, 0.717) is 0 Å². The van der Waals surface area contributed by atoms with Gasteiger partial charge in [-0.15, -0.1) is 0 Å². The lowest BCUT2D eigenvalue weighted by molar-refractivity contribution is -0.256. The van der Waals surface area contributed by atoms with E-state index in [1.54, 1.807) is 0 Å². The van der Waals surface area contributed by atoms with Crippen LogP contribution >= 0.6 is 0 Å². The Kier molecular flexibility index (Phi) is 4.45. The molecule has 1 amide bonds. The Labute approximate surface area is 86.7 Å². The average molecular weight is 253 g/mol. The van der Waals surface area contributed by atoms with E-state index in [0.717, 1.165) is 5.32 Å². The van der Waals surface area contributed by atoms with E-state index < -0.39 is 30.6 Å². The molecule has 0 bridgehead atoms. The van der Waals surface area contributed by atoms with Crippen LogP contribution in [-0.2, 0) is 4.74 Å². The first-order valence-electron chi connectivity index (χ1n) is 4.05. The zero-order valence-electron chi connectivity index (χ0n) is 8.24. The molecule has 0 heterocycles. The summed E-state index contributed by atoms with van der Waals surface area (Å²) in [6.45, 7) is 2.57. The number of rotatable bonds is 2. The quantitative estimate of drug-likeness (QED) is 0.768. The highest BCUT2D eigenvalue weighted by Crippen LogP contribution is 2.33. The molecule has 1 N–H and O–H groups in total. The van der Waals surface area contributed by atoms with Crippen LogP contribution in [0.25, 0.3) is 0 Å². The summed E-state index contributed by atoms with van der Waals surface area (Å²) < 4.78 is 75.7. The normalized spacial score (nSPS) is 13.1. The van der Waals surface area contributed by atoms with Crippen molar-refractivity contribution in [3.05, 3.63) is 0 Å². The van der Waals surface area contributed by atoms with Crippen LogP contribution < -0.4 is 5.32 Å². The lowest BCUT2D eigenvalue weighted by Gasteiger charge is -2.23. The van der Waals surface area contributed by atoms with Crippen molar-refractivity contribution in [3.8, 4) is 0 Å². The number of alkyl halides is 6. The third-order valence-electron chi connectivity index (χ3n) is 1.26. The Bertz CT molecular complexity index is 232.